The van der Waals surface area contributed by atoms with Crippen LogP contribution in [0.1, 0.15) is 25.7 Å². The van der Waals surface area contributed by atoms with Crippen LogP contribution in [0.25, 0.3) is 10.8 Å². The molecule has 4 nitrogen and oxygen atoms in total. The van der Waals surface area contributed by atoms with E-state index in [1.807, 2.05) is 30.3 Å². The molecule has 112 valence electrons. The zero-order valence-electron chi connectivity index (χ0n) is 11.9. The molecule has 1 saturated heterocycles. The first-order valence-corrected chi connectivity index (χ1v) is 8.80. The summed E-state index contributed by atoms with van der Waals surface area (Å²) in [4.78, 5) is 0.359. The summed E-state index contributed by atoms with van der Waals surface area (Å²) in [5.74, 6) is 0. The molecule has 1 atom stereocenters. The molecule has 0 spiro atoms. The predicted molar refractivity (Wildman–Crippen MR) is 84.3 cm³/mol. The van der Waals surface area contributed by atoms with Crippen LogP contribution in [-0.4, -0.2) is 25.4 Å². The van der Waals surface area contributed by atoms with Crippen molar-refractivity contribution in [2.45, 2.75) is 36.7 Å². The molecule has 2 N–H and O–H groups in total. The maximum absolute atomic E-state index is 13.0. The summed E-state index contributed by atoms with van der Waals surface area (Å²) in [5.41, 5.74) is 6.09. The van der Waals surface area contributed by atoms with E-state index in [1.54, 1.807) is 12.1 Å². The van der Waals surface area contributed by atoms with Gasteiger partial charge in [0, 0.05) is 11.9 Å². The lowest BCUT2D eigenvalue weighted by Crippen LogP contribution is -2.45. The molecule has 0 amide bonds. The van der Waals surface area contributed by atoms with Crippen molar-refractivity contribution in [2.75, 3.05) is 6.54 Å². The van der Waals surface area contributed by atoms with Crippen LogP contribution in [0.5, 0.6) is 0 Å². The Morgan fingerprint density at radius 3 is 2.62 bits per heavy atom. The maximum Gasteiger partial charge on any atom is 0.245 e. The van der Waals surface area contributed by atoms with Crippen molar-refractivity contribution in [1.82, 2.24) is 4.31 Å². The number of hydrogen-bond acceptors (Lipinski definition) is 3. The standard InChI is InChI=1S/C16H20N2O2S/c17-16-11-2-1-5-12-18(16)21(19,20)15-10-6-8-13-7-3-4-9-14(13)15/h3-4,6-10,16H,1-2,5,11-12,17H2. The van der Waals surface area contributed by atoms with Crippen molar-refractivity contribution in [3.8, 4) is 0 Å². The van der Waals surface area contributed by atoms with Gasteiger partial charge in [0.2, 0.25) is 10.0 Å². The van der Waals surface area contributed by atoms with Crippen LogP contribution in [0.4, 0.5) is 0 Å². The van der Waals surface area contributed by atoms with Crippen molar-refractivity contribution in [1.29, 1.82) is 0 Å². The third-order valence-corrected chi connectivity index (χ3v) is 6.07. The van der Waals surface area contributed by atoms with Gasteiger partial charge in [-0.2, -0.15) is 4.31 Å². The van der Waals surface area contributed by atoms with Gasteiger partial charge in [-0.1, -0.05) is 49.2 Å². The smallest absolute Gasteiger partial charge is 0.245 e. The molecule has 1 fully saturated rings. The van der Waals surface area contributed by atoms with E-state index < -0.39 is 16.2 Å². The van der Waals surface area contributed by atoms with Crippen LogP contribution in [-0.2, 0) is 10.0 Å². The molecule has 5 heteroatoms. The van der Waals surface area contributed by atoms with E-state index in [0.29, 0.717) is 11.4 Å². The first kappa shape index (κ1) is 14.5. The van der Waals surface area contributed by atoms with Crippen LogP contribution < -0.4 is 5.73 Å². The molecule has 21 heavy (non-hydrogen) atoms. The fraction of sp³-hybridized carbons (Fsp3) is 0.375. The number of sulfonamides is 1. The second kappa shape index (κ2) is 5.75. The van der Waals surface area contributed by atoms with Gasteiger partial charge in [0.25, 0.3) is 0 Å². The van der Waals surface area contributed by atoms with Gasteiger partial charge in [-0.25, -0.2) is 8.42 Å². The van der Waals surface area contributed by atoms with Crippen LogP contribution in [0.2, 0.25) is 0 Å². The monoisotopic (exact) mass is 304 g/mol. The number of hydrogen-bond donors (Lipinski definition) is 1. The van der Waals surface area contributed by atoms with Gasteiger partial charge in [0.1, 0.15) is 0 Å². The van der Waals surface area contributed by atoms with Crippen molar-refractivity contribution in [3.63, 3.8) is 0 Å². The highest BCUT2D eigenvalue weighted by atomic mass is 32.2. The Balaban J connectivity index is 2.11. The van der Waals surface area contributed by atoms with Crippen LogP contribution in [0, 0.1) is 0 Å². The molecule has 1 aliphatic heterocycles. The topological polar surface area (TPSA) is 63.4 Å². The Bertz CT molecular complexity index is 738. The second-order valence-electron chi connectivity index (χ2n) is 5.51. The minimum absolute atomic E-state index is 0.359. The van der Waals surface area contributed by atoms with Gasteiger partial charge in [-0.3, -0.25) is 0 Å². The molecular weight excluding hydrogens is 284 g/mol. The van der Waals surface area contributed by atoms with E-state index >= 15 is 0 Å². The van der Waals surface area contributed by atoms with Gasteiger partial charge in [-0.15, -0.1) is 0 Å². The Kier molecular flexibility index (Phi) is 3.97. The van der Waals surface area contributed by atoms with Gasteiger partial charge in [-0.05, 0) is 24.3 Å². The molecule has 0 saturated carbocycles. The quantitative estimate of drug-likeness (QED) is 0.928. The lowest BCUT2D eigenvalue weighted by atomic mass is 10.1. The molecule has 0 aliphatic carbocycles. The van der Waals surface area contributed by atoms with E-state index in [4.69, 9.17) is 5.73 Å². The van der Waals surface area contributed by atoms with Crippen molar-refractivity contribution in [2.24, 2.45) is 5.73 Å². The molecule has 0 aromatic heterocycles. The van der Waals surface area contributed by atoms with E-state index in [0.717, 1.165) is 36.5 Å². The van der Waals surface area contributed by atoms with Crippen molar-refractivity contribution >= 4 is 20.8 Å². The minimum Gasteiger partial charge on any atom is -0.315 e. The van der Waals surface area contributed by atoms with E-state index in [1.165, 1.54) is 4.31 Å². The Morgan fingerprint density at radius 1 is 1.00 bits per heavy atom. The predicted octanol–water partition coefficient (Wildman–Crippen LogP) is 2.69. The number of nitrogens with zero attached hydrogens (tertiary/aromatic N) is 1. The molecule has 1 aliphatic rings. The Labute approximate surface area is 125 Å². The van der Waals surface area contributed by atoms with Gasteiger partial charge in [0.05, 0.1) is 11.1 Å². The molecule has 0 bridgehead atoms. The SMILES string of the molecule is NC1CCCCCN1S(=O)(=O)c1cccc2ccccc12. The Hall–Kier alpha value is -1.43. The molecule has 1 heterocycles. The third-order valence-electron chi connectivity index (χ3n) is 4.08. The van der Waals surface area contributed by atoms with E-state index in [-0.39, 0.29) is 0 Å². The fourth-order valence-corrected chi connectivity index (χ4v) is 4.75. The summed E-state index contributed by atoms with van der Waals surface area (Å²) >= 11 is 0. The average Bonchev–Trinajstić information content (AvgIpc) is 2.71. The molecule has 2 aromatic rings. The molecular formula is C16H20N2O2S. The van der Waals surface area contributed by atoms with Crippen LogP contribution in [0.3, 0.4) is 0 Å². The highest BCUT2D eigenvalue weighted by Gasteiger charge is 2.31. The van der Waals surface area contributed by atoms with Crippen molar-refractivity contribution in [3.05, 3.63) is 42.5 Å². The fourth-order valence-electron chi connectivity index (χ4n) is 2.95. The highest BCUT2D eigenvalue weighted by Crippen LogP contribution is 2.28. The summed E-state index contributed by atoms with van der Waals surface area (Å²) in [5, 5.41) is 1.69. The third kappa shape index (κ3) is 2.69. The Morgan fingerprint density at radius 2 is 1.76 bits per heavy atom. The number of benzene rings is 2. The van der Waals surface area contributed by atoms with Gasteiger partial charge in [0.15, 0.2) is 0 Å². The lowest BCUT2D eigenvalue weighted by molar-refractivity contribution is 0.330. The zero-order chi connectivity index (χ0) is 14.9. The van der Waals surface area contributed by atoms with E-state index in [2.05, 4.69) is 0 Å². The average molecular weight is 304 g/mol. The lowest BCUT2D eigenvalue weighted by Gasteiger charge is -2.26. The summed E-state index contributed by atoms with van der Waals surface area (Å²) in [6.45, 7) is 0.507. The zero-order valence-corrected chi connectivity index (χ0v) is 12.7. The number of nitrogens with two attached hydrogens (primary N) is 1. The molecule has 0 radical (unpaired) electrons. The largest absolute Gasteiger partial charge is 0.315 e. The maximum atomic E-state index is 13.0. The summed E-state index contributed by atoms with van der Waals surface area (Å²) in [6.07, 6.45) is 3.20. The molecule has 3 rings (SSSR count). The van der Waals surface area contributed by atoms with E-state index in [9.17, 15) is 8.42 Å². The van der Waals surface area contributed by atoms with Gasteiger partial charge < -0.3 is 5.73 Å². The first-order valence-electron chi connectivity index (χ1n) is 7.36. The second-order valence-corrected chi connectivity index (χ2v) is 7.37. The normalized spacial score (nSPS) is 21.3. The summed E-state index contributed by atoms with van der Waals surface area (Å²) in [6, 6.07) is 13.0. The molecule has 1 unspecified atom stereocenters. The molecule has 2 aromatic carbocycles. The number of rotatable bonds is 2. The van der Waals surface area contributed by atoms with Crippen LogP contribution in [0.15, 0.2) is 47.4 Å². The minimum atomic E-state index is -3.55. The van der Waals surface area contributed by atoms with Gasteiger partial charge >= 0.3 is 0 Å². The van der Waals surface area contributed by atoms with Crippen LogP contribution >= 0.6 is 0 Å². The number of fused-ring (bicyclic) bond motifs is 1. The van der Waals surface area contributed by atoms with Crippen molar-refractivity contribution < 1.29 is 8.42 Å². The highest BCUT2D eigenvalue weighted by molar-refractivity contribution is 7.89. The summed E-state index contributed by atoms with van der Waals surface area (Å²) < 4.78 is 27.5. The first-order chi connectivity index (χ1) is 10.1. The summed E-state index contributed by atoms with van der Waals surface area (Å²) in [7, 11) is -3.55.